The summed E-state index contributed by atoms with van der Waals surface area (Å²) in [6, 6.07) is 15.5. The monoisotopic (exact) mass is 332 g/mol. The number of rotatable bonds is 4. The minimum Gasteiger partial charge on any atom is -0.443 e. The molecule has 1 amide bonds. The molecule has 0 unspecified atom stereocenters. The molecule has 3 rings (SSSR count). The number of nitrogens with zero attached hydrogens (tertiary/aromatic N) is 1. The van der Waals surface area contributed by atoms with E-state index in [1.54, 1.807) is 6.92 Å². The van der Waals surface area contributed by atoms with E-state index in [1.807, 2.05) is 48.5 Å². The van der Waals surface area contributed by atoms with Gasteiger partial charge in [0, 0.05) is 0 Å². The van der Waals surface area contributed by atoms with Gasteiger partial charge in [-0.15, -0.1) is 0 Å². The Morgan fingerprint density at radius 1 is 1.16 bits per heavy atom. The summed E-state index contributed by atoms with van der Waals surface area (Å²) in [6.07, 6.45) is 0.140. The van der Waals surface area contributed by atoms with Gasteiger partial charge in [0.2, 0.25) is 11.8 Å². The van der Waals surface area contributed by atoms with E-state index in [-0.39, 0.29) is 35.1 Å². The largest absolute Gasteiger partial charge is 0.443 e. The van der Waals surface area contributed by atoms with E-state index >= 15 is 0 Å². The number of nitrogens with one attached hydrogen (secondary N) is 1. The number of fused-ring (bicyclic) bond motifs is 1. The summed E-state index contributed by atoms with van der Waals surface area (Å²) in [7, 11) is 0. The summed E-state index contributed by atoms with van der Waals surface area (Å²) in [5.74, 6) is -0.232. The normalized spacial score (nSPS) is 10.4. The lowest BCUT2D eigenvalue weighted by molar-refractivity contribution is -0.115. The maximum Gasteiger partial charge on any atom is 0.231 e. The fraction of sp³-hybridized carbons (Fsp3) is 0.150. The Kier molecular flexibility index (Phi) is 4.36. The molecule has 0 saturated carbocycles. The van der Waals surface area contributed by atoms with Crippen LogP contribution in [-0.4, -0.2) is 11.7 Å². The van der Waals surface area contributed by atoms with Crippen LogP contribution in [0.15, 0.2) is 46.9 Å². The fourth-order valence-corrected chi connectivity index (χ4v) is 2.95. The van der Waals surface area contributed by atoms with Crippen molar-refractivity contribution >= 4 is 28.3 Å². The van der Waals surface area contributed by atoms with Crippen molar-refractivity contribution in [3.63, 3.8) is 0 Å². The molecule has 0 fully saturated rings. The summed E-state index contributed by atoms with van der Waals surface area (Å²) < 4.78 is 5.42. The summed E-state index contributed by atoms with van der Waals surface area (Å²) in [4.78, 5) is 24.1. The first kappa shape index (κ1) is 16.5. The molecule has 2 aromatic carbocycles. The minimum absolute atomic E-state index is 0.0236. The van der Waals surface area contributed by atoms with Crippen molar-refractivity contribution in [3.05, 3.63) is 64.9 Å². The molecule has 1 heterocycles. The molecule has 0 atom stereocenters. The predicted molar refractivity (Wildman–Crippen MR) is 94.4 cm³/mol. The standard InChI is InChI=1S/C20H16N2O3/c1-12(23)19-13(2)25-20(17(19)11-21)22-18(24)10-15-8-5-7-14-6-3-4-9-16(14)15/h3-9H,10H2,1-2H3,(H,22,24). The van der Waals surface area contributed by atoms with Crippen molar-refractivity contribution in [1.29, 1.82) is 5.26 Å². The van der Waals surface area contributed by atoms with Crippen molar-refractivity contribution < 1.29 is 14.0 Å². The number of ketones is 1. The van der Waals surface area contributed by atoms with Crippen LogP contribution in [0, 0.1) is 18.3 Å². The molecule has 0 aliphatic rings. The van der Waals surface area contributed by atoms with E-state index in [4.69, 9.17) is 4.42 Å². The highest BCUT2D eigenvalue weighted by molar-refractivity contribution is 6.01. The SMILES string of the molecule is CC(=O)c1c(C)oc(NC(=O)Cc2cccc3ccccc23)c1C#N. The first-order chi connectivity index (χ1) is 12.0. The molecule has 0 aliphatic heterocycles. The van der Waals surface area contributed by atoms with Gasteiger partial charge in [-0.3, -0.25) is 14.9 Å². The van der Waals surface area contributed by atoms with Crippen molar-refractivity contribution in [2.75, 3.05) is 5.32 Å². The Bertz CT molecular complexity index is 1020. The molecular weight excluding hydrogens is 316 g/mol. The highest BCUT2D eigenvalue weighted by Crippen LogP contribution is 2.27. The zero-order chi connectivity index (χ0) is 18.0. The third kappa shape index (κ3) is 3.15. The van der Waals surface area contributed by atoms with E-state index in [0.717, 1.165) is 16.3 Å². The quantitative estimate of drug-likeness (QED) is 0.732. The maximum atomic E-state index is 12.4. The van der Waals surface area contributed by atoms with Gasteiger partial charge in [-0.2, -0.15) is 5.26 Å². The van der Waals surface area contributed by atoms with Crippen LogP contribution in [0.1, 0.15) is 34.2 Å². The van der Waals surface area contributed by atoms with Gasteiger partial charge in [0.25, 0.3) is 0 Å². The third-order valence-electron chi connectivity index (χ3n) is 4.03. The van der Waals surface area contributed by atoms with Crippen LogP contribution in [0.5, 0.6) is 0 Å². The minimum atomic E-state index is -0.309. The predicted octanol–water partition coefficient (Wildman–Crippen LogP) is 4.00. The molecule has 3 aromatic rings. The Labute approximate surface area is 144 Å². The van der Waals surface area contributed by atoms with E-state index < -0.39 is 0 Å². The number of Topliss-reactive ketones (excluding diaryl/α,β-unsaturated/α-hetero) is 1. The summed E-state index contributed by atoms with van der Waals surface area (Å²) in [6.45, 7) is 2.96. The first-order valence-electron chi connectivity index (χ1n) is 7.82. The lowest BCUT2D eigenvalue weighted by Crippen LogP contribution is -2.15. The molecule has 0 spiro atoms. The number of hydrogen-bond acceptors (Lipinski definition) is 4. The second kappa shape index (κ2) is 6.62. The van der Waals surface area contributed by atoms with E-state index in [9.17, 15) is 14.9 Å². The number of amides is 1. The Morgan fingerprint density at radius 2 is 1.88 bits per heavy atom. The van der Waals surface area contributed by atoms with Crippen LogP contribution in [0.25, 0.3) is 10.8 Å². The third-order valence-corrected chi connectivity index (χ3v) is 4.03. The van der Waals surface area contributed by atoms with Crippen molar-refractivity contribution in [2.45, 2.75) is 20.3 Å². The van der Waals surface area contributed by atoms with Crippen LogP contribution < -0.4 is 5.32 Å². The van der Waals surface area contributed by atoms with Gasteiger partial charge in [0.15, 0.2) is 5.78 Å². The smallest absolute Gasteiger partial charge is 0.231 e. The van der Waals surface area contributed by atoms with Gasteiger partial charge in [-0.1, -0.05) is 42.5 Å². The molecule has 0 bridgehead atoms. The molecule has 25 heavy (non-hydrogen) atoms. The summed E-state index contributed by atoms with van der Waals surface area (Å²) in [5, 5.41) is 14.0. The lowest BCUT2D eigenvalue weighted by Gasteiger charge is -2.06. The Morgan fingerprint density at radius 3 is 2.60 bits per heavy atom. The van der Waals surface area contributed by atoms with Crippen molar-refractivity contribution in [1.82, 2.24) is 0 Å². The van der Waals surface area contributed by atoms with Crippen LogP contribution in [0.2, 0.25) is 0 Å². The summed E-state index contributed by atoms with van der Waals surface area (Å²) in [5.41, 5.74) is 1.16. The molecule has 124 valence electrons. The van der Waals surface area contributed by atoms with Crippen molar-refractivity contribution in [2.24, 2.45) is 0 Å². The fourth-order valence-electron chi connectivity index (χ4n) is 2.95. The second-order valence-corrected chi connectivity index (χ2v) is 5.77. The van der Waals surface area contributed by atoms with Crippen LogP contribution in [0.3, 0.4) is 0 Å². The molecule has 0 saturated heterocycles. The van der Waals surface area contributed by atoms with Gasteiger partial charge < -0.3 is 4.42 Å². The molecule has 0 aliphatic carbocycles. The van der Waals surface area contributed by atoms with Gasteiger partial charge in [0.1, 0.15) is 17.4 Å². The Hall–Kier alpha value is -3.39. The van der Waals surface area contributed by atoms with E-state index in [0.29, 0.717) is 5.76 Å². The van der Waals surface area contributed by atoms with Crippen molar-refractivity contribution in [3.8, 4) is 6.07 Å². The average molecular weight is 332 g/mol. The molecule has 1 N–H and O–H groups in total. The van der Waals surface area contributed by atoms with Crippen LogP contribution in [0.4, 0.5) is 5.88 Å². The van der Waals surface area contributed by atoms with E-state index in [2.05, 4.69) is 5.32 Å². The zero-order valence-corrected chi connectivity index (χ0v) is 13.9. The number of benzene rings is 2. The number of hydrogen-bond donors (Lipinski definition) is 1. The number of aryl methyl sites for hydroxylation is 1. The van der Waals surface area contributed by atoms with Gasteiger partial charge in [-0.05, 0) is 30.2 Å². The number of carbonyl (C=O) groups is 2. The molecular formula is C20H16N2O3. The molecule has 5 nitrogen and oxygen atoms in total. The van der Waals surface area contributed by atoms with E-state index in [1.165, 1.54) is 6.92 Å². The average Bonchev–Trinajstić information content (AvgIpc) is 2.90. The topological polar surface area (TPSA) is 83.1 Å². The highest BCUT2D eigenvalue weighted by Gasteiger charge is 2.22. The second-order valence-electron chi connectivity index (χ2n) is 5.77. The summed E-state index contributed by atoms with van der Waals surface area (Å²) >= 11 is 0. The maximum absolute atomic E-state index is 12.4. The molecule has 5 heteroatoms. The number of anilines is 1. The molecule has 0 radical (unpaired) electrons. The van der Waals surface area contributed by atoms with Crippen LogP contribution >= 0.6 is 0 Å². The zero-order valence-electron chi connectivity index (χ0n) is 13.9. The van der Waals surface area contributed by atoms with Gasteiger partial charge >= 0.3 is 0 Å². The highest BCUT2D eigenvalue weighted by atomic mass is 16.4. The van der Waals surface area contributed by atoms with Crippen LogP contribution in [-0.2, 0) is 11.2 Å². The number of carbonyl (C=O) groups excluding carboxylic acids is 2. The number of nitriles is 1. The molecule has 1 aromatic heterocycles. The number of furan rings is 1. The first-order valence-corrected chi connectivity index (χ1v) is 7.82. The Balaban J connectivity index is 1.87. The van der Waals surface area contributed by atoms with Gasteiger partial charge in [0.05, 0.1) is 12.0 Å². The lowest BCUT2D eigenvalue weighted by atomic mass is 10.0. The van der Waals surface area contributed by atoms with Gasteiger partial charge in [-0.25, -0.2) is 0 Å².